The van der Waals surface area contributed by atoms with Crippen molar-refractivity contribution in [1.82, 2.24) is 24.6 Å². The highest BCUT2D eigenvalue weighted by Gasteiger charge is 2.29. The molecule has 1 aromatic heterocycles. The van der Waals surface area contributed by atoms with Crippen LogP contribution in [0.15, 0.2) is 29.1 Å². The molecule has 0 spiro atoms. The second kappa shape index (κ2) is 9.38. The Morgan fingerprint density at radius 3 is 2.65 bits per heavy atom. The van der Waals surface area contributed by atoms with E-state index < -0.39 is 0 Å². The third kappa shape index (κ3) is 4.98. The number of aryl methyl sites for hydroxylation is 2. The van der Waals surface area contributed by atoms with E-state index in [0.717, 1.165) is 49.0 Å². The number of aromatic nitrogens is 3. The predicted octanol–water partition coefficient (Wildman–Crippen LogP) is 1.79. The molecule has 2 aliphatic rings. The molecule has 4 rings (SSSR count). The number of benzene rings is 1. The lowest BCUT2D eigenvalue weighted by molar-refractivity contribution is -0.125. The first kappa shape index (κ1) is 21.2. The quantitative estimate of drug-likeness (QED) is 0.629. The van der Waals surface area contributed by atoms with Crippen LogP contribution in [-0.4, -0.2) is 48.7 Å². The lowest BCUT2D eigenvalue weighted by Gasteiger charge is -2.13. The first-order valence-electron chi connectivity index (χ1n) is 10.3. The maximum atomic E-state index is 12.3. The highest BCUT2D eigenvalue weighted by molar-refractivity contribution is 8.14. The second-order valence-electron chi connectivity index (χ2n) is 7.50. The van der Waals surface area contributed by atoms with E-state index in [-0.39, 0.29) is 35.2 Å². The second-order valence-corrected chi connectivity index (χ2v) is 8.42. The van der Waals surface area contributed by atoms with E-state index in [4.69, 9.17) is 0 Å². The molecule has 1 aromatic carbocycles. The summed E-state index contributed by atoms with van der Waals surface area (Å²) in [5.41, 5.74) is 1.34. The van der Waals surface area contributed by atoms with E-state index in [1.165, 1.54) is 9.58 Å². The number of urea groups is 1. The topological polar surface area (TPSA) is 118 Å². The van der Waals surface area contributed by atoms with Crippen LogP contribution in [0.25, 0.3) is 0 Å². The Balaban J connectivity index is 1.20. The third-order valence-electron chi connectivity index (χ3n) is 5.26. The number of nitrogens with one attached hydrogen (secondary N) is 2. The highest BCUT2D eigenvalue weighted by Crippen LogP contribution is 2.21. The van der Waals surface area contributed by atoms with Crippen molar-refractivity contribution in [3.05, 3.63) is 46.1 Å². The molecule has 0 aliphatic carbocycles. The SMILES string of the molecule is O=C(NCCCn1nc2n(c1=O)CCCC2)Nc1ccc(CN2C(=O)CSC2=O)cc1. The van der Waals surface area contributed by atoms with Crippen LogP contribution in [0.3, 0.4) is 0 Å². The van der Waals surface area contributed by atoms with E-state index >= 15 is 0 Å². The molecule has 3 heterocycles. The minimum atomic E-state index is -0.342. The van der Waals surface area contributed by atoms with Crippen molar-refractivity contribution >= 4 is 34.6 Å². The zero-order chi connectivity index (χ0) is 21.8. The van der Waals surface area contributed by atoms with Crippen LogP contribution in [0.2, 0.25) is 0 Å². The Morgan fingerprint density at radius 2 is 1.94 bits per heavy atom. The lowest BCUT2D eigenvalue weighted by atomic mass is 10.2. The minimum Gasteiger partial charge on any atom is -0.338 e. The summed E-state index contributed by atoms with van der Waals surface area (Å²) in [6.07, 6.45) is 3.51. The van der Waals surface area contributed by atoms with Crippen molar-refractivity contribution < 1.29 is 14.4 Å². The van der Waals surface area contributed by atoms with Gasteiger partial charge in [-0.15, -0.1) is 0 Å². The molecule has 164 valence electrons. The van der Waals surface area contributed by atoms with Gasteiger partial charge in [-0.25, -0.2) is 14.3 Å². The molecule has 0 radical (unpaired) electrons. The maximum Gasteiger partial charge on any atom is 0.345 e. The van der Waals surface area contributed by atoms with Crippen molar-refractivity contribution in [2.75, 3.05) is 17.6 Å². The molecule has 0 saturated carbocycles. The van der Waals surface area contributed by atoms with Gasteiger partial charge in [0.1, 0.15) is 5.82 Å². The van der Waals surface area contributed by atoms with E-state index in [1.807, 2.05) is 0 Å². The molecule has 2 aliphatic heterocycles. The van der Waals surface area contributed by atoms with Gasteiger partial charge in [-0.3, -0.25) is 19.1 Å². The number of carbonyl (C=O) groups is 3. The molecular formula is C20H24N6O4S. The molecule has 10 nitrogen and oxygen atoms in total. The number of fused-ring (bicyclic) bond motifs is 1. The smallest absolute Gasteiger partial charge is 0.338 e. The fourth-order valence-electron chi connectivity index (χ4n) is 3.61. The number of hydrogen-bond acceptors (Lipinski definition) is 6. The molecule has 0 unspecified atom stereocenters. The highest BCUT2D eigenvalue weighted by atomic mass is 32.2. The largest absolute Gasteiger partial charge is 0.345 e. The van der Waals surface area contributed by atoms with Crippen molar-refractivity contribution in [1.29, 1.82) is 0 Å². The molecule has 2 aromatic rings. The van der Waals surface area contributed by atoms with E-state index in [9.17, 15) is 19.2 Å². The van der Waals surface area contributed by atoms with Crippen LogP contribution in [0.5, 0.6) is 0 Å². The van der Waals surface area contributed by atoms with Gasteiger partial charge in [0.15, 0.2) is 0 Å². The van der Waals surface area contributed by atoms with Crippen LogP contribution in [-0.2, 0) is 30.8 Å². The Morgan fingerprint density at radius 1 is 1.13 bits per heavy atom. The van der Waals surface area contributed by atoms with E-state index in [0.29, 0.717) is 25.2 Å². The molecule has 11 heteroatoms. The summed E-state index contributed by atoms with van der Waals surface area (Å²) >= 11 is 1.01. The van der Waals surface area contributed by atoms with Crippen LogP contribution in [0, 0.1) is 0 Å². The summed E-state index contributed by atoms with van der Waals surface area (Å²) in [7, 11) is 0. The summed E-state index contributed by atoms with van der Waals surface area (Å²) < 4.78 is 3.22. The van der Waals surface area contributed by atoms with Crippen LogP contribution < -0.4 is 16.3 Å². The van der Waals surface area contributed by atoms with Gasteiger partial charge in [0.2, 0.25) is 5.91 Å². The first-order chi connectivity index (χ1) is 15.0. The van der Waals surface area contributed by atoms with Crippen LogP contribution in [0.4, 0.5) is 15.3 Å². The third-order valence-corrected chi connectivity index (χ3v) is 6.12. The van der Waals surface area contributed by atoms with Crippen molar-refractivity contribution in [2.45, 2.75) is 45.3 Å². The molecule has 4 amide bonds. The van der Waals surface area contributed by atoms with Crippen molar-refractivity contribution in [2.24, 2.45) is 0 Å². The molecular weight excluding hydrogens is 420 g/mol. The van der Waals surface area contributed by atoms with E-state index in [1.54, 1.807) is 28.8 Å². The summed E-state index contributed by atoms with van der Waals surface area (Å²) in [6.45, 7) is 1.83. The number of anilines is 1. The Hall–Kier alpha value is -3.08. The van der Waals surface area contributed by atoms with Gasteiger partial charge >= 0.3 is 11.7 Å². The van der Waals surface area contributed by atoms with Gasteiger partial charge in [-0.05, 0) is 37.0 Å². The first-order valence-corrected chi connectivity index (χ1v) is 11.3. The molecule has 1 saturated heterocycles. The number of imide groups is 1. The number of rotatable bonds is 7. The minimum absolute atomic E-state index is 0.0739. The van der Waals surface area contributed by atoms with Gasteiger partial charge in [-0.1, -0.05) is 23.9 Å². The monoisotopic (exact) mass is 444 g/mol. The summed E-state index contributed by atoms with van der Waals surface area (Å²) in [5, 5.41) is 9.66. The zero-order valence-corrected chi connectivity index (χ0v) is 17.8. The molecule has 31 heavy (non-hydrogen) atoms. The van der Waals surface area contributed by atoms with Gasteiger partial charge in [-0.2, -0.15) is 5.10 Å². The molecule has 2 N–H and O–H groups in total. The average molecular weight is 445 g/mol. The lowest BCUT2D eigenvalue weighted by Crippen LogP contribution is -2.31. The van der Waals surface area contributed by atoms with Crippen LogP contribution in [0.1, 0.15) is 30.7 Å². The molecule has 0 atom stereocenters. The number of hydrogen-bond donors (Lipinski definition) is 2. The van der Waals surface area contributed by atoms with Crippen LogP contribution >= 0.6 is 11.8 Å². The van der Waals surface area contributed by atoms with Gasteiger partial charge in [0.05, 0.1) is 12.3 Å². The Bertz CT molecular complexity index is 1030. The number of carbonyl (C=O) groups excluding carboxylic acids is 3. The normalized spacial score (nSPS) is 15.8. The van der Waals surface area contributed by atoms with Gasteiger partial charge in [0, 0.05) is 31.7 Å². The maximum absolute atomic E-state index is 12.3. The molecule has 1 fully saturated rings. The summed E-state index contributed by atoms with van der Waals surface area (Å²) in [6, 6.07) is 6.65. The van der Waals surface area contributed by atoms with Gasteiger partial charge in [0.25, 0.3) is 5.24 Å². The summed E-state index contributed by atoms with van der Waals surface area (Å²) in [4.78, 5) is 48.9. The Labute approximate surface area is 183 Å². The number of amides is 4. The standard InChI is InChI=1S/C20H24N6O4S/c27-17-13-31-20(30)25(17)12-14-5-7-15(8-6-14)22-18(28)21-9-3-11-26-19(29)24-10-2-1-4-16(24)23-26/h5-8H,1-4,9-13H2,(H2,21,22,28). The summed E-state index contributed by atoms with van der Waals surface area (Å²) in [5.74, 6) is 0.855. The fraction of sp³-hybridized carbons (Fsp3) is 0.450. The number of nitrogens with zero attached hydrogens (tertiary/aromatic N) is 4. The van der Waals surface area contributed by atoms with Gasteiger partial charge < -0.3 is 10.6 Å². The van der Waals surface area contributed by atoms with E-state index in [2.05, 4.69) is 15.7 Å². The van der Waals surface area contributed by atoms with Crippen molar-refractivity contribution in [3.63, 3.8) is 0 Å². The zero-order valence-electron chi connectivity index (χ0n) is 17.0. The van der Waals surface area contributed by atoms with Crippen molar-refractivity contribution in [3.8, 4) is 0 Å². The number of thioether (sulfide) groups is 1. The Kier molecular flexibility index (Phi) is 6.40. The predicted molar refractivity (Wildman–Crippen MR) is 116 cm³/mol. The molecule has 0 bridgehead atoms. The fourth-order valence-corrected chi connectivity index (χ4v) is 4.34. The average Bonchev–Trinajstić information content (AvgIpc) is 3.26.